The number of anilines is 1. The maximum atomic E-state index is 11.8. The average molecular weight is 356 g/mol. The van der Waals surface area contributed by atoms with Crippen molar-refractivity contribution in [2.24, 2.45) is 10.8 Å². The minimum Gasteiger partial charge on any atom is -0.508 e. The second-order valence-corrected chi connectivity index (χ2v) is 5.24. The predicted octanol–water partition coefficient (Wildman–Crippen LogP) is 0.676. The molecule has 0 spiro atoms. The Kier molecular flexibility index (Phi) is 5.53. The van der Waals surface area contributed by atoms with Crippen LogP contribution in [0.1, 0.15) is 22.8 Å². The summed E-state index contributed by atoms with van der Waals surface area (Å²) in [5, 5.41) is 25.1. The Labute approximate surface area is 148 Å². The number of phenolic OH excluding ortho intramolecular Hbond substituents is 2. The summed E-state index contributed by atoms with van der Waals surface area (Å²) in [4.78, 5) is 34.6. The molecule has 26 heavy (non-hydrogen) atoms. The minimum atomic E-state index is -1.03. The van der Waals surface area contributed by atoms with Crippen molar-refractivity contribution in [1.29, 1.82) is 0 Å². The zero-order valence-corrected chi connectivity index (χ0v) is 13.7. The molecule has 9 nitrogen and oxygen atoms in total. The molecule has 134 valence electrons. The Morgan fingerprint density at radius 2 is 1.65 bits per heavy atom. The molecule has 0 aromatic heterocycles. The summed E-state index contributed by atoms with van der Waals surface area (Å²) < 4.78 is 0. The average Bonchev–Trinajstić information content (AvgIpc) is 2.59. The lowest BCUT2D eigenvalue weighted by Gasteiger charge is -2.06. The number of primary amides is 1. The molecule has 0 saturated heterocycles. The van der Waals surface area contributed by atoms with Gasteiger partial charge in [-0.25, -0.2) is 5.43 Å². The molecule has 0 aliphatic heterocycles. The van der Waals surface area contributed by atoms with Crippen LogP contribution >= 0.6 is 0 Å². The van der Waals surface area contributed by atoms with Gasteiger partial charge in [-0.15, -0.1) is 0 Å². The fourth-order valence-electron chi connectivity index (χ4n) is 1.98. The standard InChI is InChI=1S/C17H16N4O5/c1-9(13-7-6-12(22)8-14(13)23)20-21-17(26)16(25)19-11-4-2-10(3-5-11)15(18)24/h2-8,22-23H,1H3,(H2,18,24)(H,19,25)(H,21,26)/b20-9+. The van der Waals surface area contributed by atoms with E-state index in [2.05, 4.69) is 15.8 Å². The van der Waals surface area contributed by atoms with E-state index in [1.165, 1.54) is 43.3 Å². The Hall–Kier alpha value is -3.88. The SMILES string of the molecule is C/C(=N\NC(=O)C(=O)Nc1ccc(C(N)=O)cc1)c1ccc(O)cc1O. The molecule has 2 aromatic rings. The summed E-state index contributed by atoms with van der Waals surface area (Å²) in [7, 11) is 0. The third kappa shape index (κ3) is 4.57. The lowest BCUT2D eigenvalue weighted by molar-refractivity contribution is -0.136. The van der Waals surface area contributed by atoms with Crippen LogP contribution in [0, 0.1) is 0 Å². The Bertz CT molecular complexity index is 891. The maximum Gasteiger partial charge on any atom is 0.329 e. The molecule has 0 unspecified atom stereocenters. The first-order valence-electron chi connectivity index (χ1n) is 7.35. The zero-order valence-electron chi connectivity index (χ0n) is 13.7. The topological polar surface area (TPSA) is 154 Å². The van der Waals surface area contributed by atoms with E-state index >= 15 is 0 Å². The van der Waals surface area contributed by atoms with Gasteiger partial charge in [-0.2, -0.15) is 5.10 Å². The van der Waals surface area contributed by atoms with Gasteiger partial charge in [0.1, 0.15) is 11.5 Å². The molecule has 0 atom stereocenters. The van der Waals surface area contributed by atoms with Gasteiger partial charge in [0, 0.05) is 22.9 Å². The number of hydrogen-bond donors (Lipinski definition) is 5. The Morgan fingerprint density at radius 1 is 1.00 bits per heavy atom. The van der Waals surface area contributed by atoms with Gasteiger partial charge < -0.3 is 21.3 Å². The summed E-state index contributed by atoms with van der Waals surface area (Å²) in [6.45, 7) is 1.51. The summed E-state index contributed by atoms with van der Waals surface area (Å²) in [5.41, 5.74) is 8.25. The molecule has 0 aliphatic carbocycles. The number of hydrazone groups is 1. The van der Waals surface area contributed by atoms with Crippen LogP contribution in [0.25, 0.3) is 0 Å². The van der Waals surface area contributed by atoms with E-state index in [0.29, 0.717) is 5.69 Å². The van der Waals surface area contributed by atoms with Gasteiger partial charge in [-0.1, -0.05) is 0 Å². The number of aromatic hydroxyl groups is 2. The fraction of sp³-hybridized carbons (Fsp3) is 0.0588. The second kappa shape index (κ2) is 7.79. The van der Waals surface area contributed by atoms with Crippen molar-refractivity contribution in [2.75, 3.05) is 5.32 Å². The second-order valence-electron chi connectivity index (χ2n) is 5.24. The highest BCUT2D eigenvalue weighted by Crippen LogP contribution is 2.22. The number of phenols is 2. The third-order valence-corrected chi connectivity index (χ3v) is 3.33. The molecule has 2 aromatic carbocycles. The van der Waals surface area contributed by atoms with Crippen molar-refractivity contribution in [3.63, 3.8) is 0 Å². The summed E-state index contributed by atoms with van der Waals surface area (Å²) >= 11 is 0. The Morgan fingerprint density at radius 3 is 2.23 bits per heavy atom. The maximum absolute atomic E-state index is 11.8. The highest BCUT2D eigenvalue weighted by molar-refractivity contribution is 6.39. The van der Waals surface area contributed by atoms with E-state index in [1.807, 2.05) is 0 Å². The predicted molar refractivity (Wildman–Crippen MR) is 93.7 cm³/mol. The molecule has 0 fully saturated rings. The molecule has 2 rings (SSSR count). The lowest BCUT2D eigenvalue weighted by atomic mass is 10.1. The van der Waals surface area contributed by atoms with E-state index in [1.54, 1.807) is 0 Å². The molecule has 6 N–H and O–H groups in total. The number of nitrogens with two attached hydrogens (primary N) is 1. The number of nitrogens with one attached hydrogen (secondary N) is 2. The van der Waals surface area contributed by atoms with E-state index in [4.69, 9.17) is 5.73 Å². The van der Waals surface area contributed by atoms with Gasteiger partial charge in [-0.05, 0) is 43.3 Å². The number of carbonyl (C=O) groups is 3. The van der Waals surface area contributed by atoms with Gasteiger partial charge in [0.25, 0.3) is 0 Å². The van der Waals surface area contributed by atoms with Crippen molar-refractivity contribution in [2.45, 2.75) is 6.92 Å². The monoisotopic (exact) mass is 356 g/mol. The van der Waals surface area contributed by atoms with E-state index < -0.39 is 17.7 Å². The van der Waals surface area contributed by atoms with Crippen LogP contribution in [-0.2, 0) is 9.59 Å². The first-order chi connectivity index (χ1) is 12.3. The largest absolute Gasteiger partial charge is 0.508 e. The highest BCUT2D eigenvalue weighted by Gasteiger charge is 2.14. The van der Waals surface area contributed by atoms with Crippen LogP contribution in [0.4, 0.5) is 5.69 Å². The highest BCUT2D eigenvalue weighted by atomic mass is 16.3. The van der Waals surface area contributed by atoms with Crippen molar-refractivity contribution < 1.29 is 24.6 Å². The minimum absolute atomic E-state index is 0.121. The van der Waals surface area contributed by atoms with Crippen LogP contribution in [0.3, 0.4) is 0 Å². The molecular formula is C17H16N4O5. The summed E-state index contributed by atoms with van der Waals surface area (Å²) in [5.74, 6) is -2.95. The van der Waals surface area contributed by atoms with Crippen molar-refractivity contribution in [3.8, 4) is 11.5 Å². The van der Waals surface area contributed by atoms with Gasteiger partial charge >= 0.3 is 11.8 Å². The van der Waals surface area contributed by atoms with E-state index in [9.17, 15) is 24.6 Å². The smallest absolute Gasteiger partial charge is 0.329 e. The van der Waals surface area contributed by atoms with E-state index in [0.717, 1.165) is 6.07 Å². The summed E-state index contributed by atoms with van der Waals surface area (Å²) in [6.07, 6.45) is 0. The molecule has 0 bridgehead atoms. The molecule has 0 aliphatic rings. The van der Waals surface area contributed by atoms with Crippen molar-refractivity contribution >= 4 is 29.1 Å². The quantitative estimate of drug-likeness (QED) is 0.309. The van der Waals surface area contributed by atoms with Crippen LogP contribution in [0.15, 0.2) is 47.6 Å². The first kappa shape index (κ1) is 18.5. The van der Waals surface area contributed by atoms with Crippen molar-refractivity contribution in [3.05, 3.63) is 53.6 Å². The zero-order chi connectivity index (χ0) is 19.3. The van der Waals surface area contributed by atoms with Crippen molar-refractivity contribution in [1.82, 2.24) is 5.43 Å². The Balaban J connectivity index is 2.00. The third-order valence-electron chi connectivity index (χ3n) is 3.33. The molecule has 0 radical (unpaired) electrons. The molecule has 0 heterocycles. The van der Waals surface area contributed by atoms with Crippen LogP contribution in [-0.4, -0.2) is 33.6 Å². The van der Waals surface area contributed by atoms with Gasteiger partial charge in [0.05, 0.1) is 5.71 Å². The van der Waals surface area contributed by atoms with E-state index in [-0.39, 0.29) is 28.3 Å². The summed E-state index contributed by atoms with van der Waals surface area (Å²) in [6, 6.07) is 9.55. The van der Waals surface area contributed by atoms with Crippen LogP contribution in [0.2, 0.25) is 0 Å². The fourth-order valence-corrected chi connectivity index (χ4v) is 1.98. The number of benzene rings is 2. The van der Waals surface area contributed by atoms with Gasteiger partial charge in [-0.3, -0.25) is 14.4 Å². The number of nitrogens with zero attached hydrogens (tertiary/aromatic N) is 1. The van der Waals surface area contributed by atoms with Crippen LogP contribution in [0.5, 0.6) is 11.5 Å². The molecular weight excluding hydrogens is 340 g/mol. The molecule has 9 heteroatoms. The lowest BCUT2D eigenvalue weighted by Crippen LogP contribution is -2.33. The molecule has 3 amide bonds. The number of amides is 3. The van der Waals surface area contributed by atoms with Crippen LogP contribution < -0.4 is 16.5 Å². The number of rotatable bonds is 4. The first-order valence-corrected chi connectivity index (χ1v) is 7.35. The van der Waals surface area contributed by atoms with Gasteiger partial charge in [0.15, 0.2) is 0 Å². The normalized spacial score (nSPS) is 10.9. The molecule has 0 saturated carbocycles. The van der Waals surface area contributed by atoms with Gasteiger partial charge in [0.2, 0.25) is 5.91 Å². The number of hydrogen-bond acceptors (Lipinski definition) is 6. The number of carbonyl (C=O) groups excluding carboxylic acids is 3.